The fraction of sp³-hybridized carbons (Fsp3) is 0.643. The van der Waals surface area contributed by atoms with Gasteiger partial charge in [-0.2, -0.15) is 0 Å². The van der Waals surface area contributed by atoms with Crippen molar-refractivity contribution in [2.24, 2.45) is 0 Å². The zero-order valence-electron chi connectivity index (χ0n) is 11.1. The van der Waals surface area contributed by atoms with Crippen molar-refractivity contribution >= 4 is 5.91 Å². The first-order chi connectivity index (χ1) is 9.31. The summed E-state index contributed by atoms with van der Waals surface area (Å²) in [6, 6.07) is 0.394. The van der Waals surface area contributed by atoms with E-state index in [1.54, 1.807) is 6.33 Å². The lowest BCUT2D eigenvalue weighted by molar-refractivity contribution is -0.123. The minimum Gasteiger partial charge on any atom is -0.352 e. The molecule has 5 heteroatoms. The molecule has 1 saturated carbocycles. The van der Waals surface area contributed by atoms with Crippen molar-refractivity contribution in [1.29, 1.82) is 0 Å². The number of hydrogen-bond donors (Lipinski definition) is 1. The minimum absolute atomic E-state index is 0.146. The smallest absolute Gasteiger partial charge is 0.234 e. The Morgan fingerprint density at radius 3 is 2.95 bits per heavy atom. The number of rotatable bonds is 3. The van der Waals surface area contributed by atoms with Gasteiger partial charge in [0, 0.05) is 30.9 Å². The van der Waals surface area contributed by atoms with Crippen LogP contribution in [0.25, 0.3) is 0 Å². The van der Waals surface area contributed by atoms with Crippen molar-refractivity contribution in [3.8, 4) is 0 Å². The predicted molar refractivity (Wildman–Crippen MR) is 71.2 cm³/mol. The number of nitrogens with one attached hydrogen (secondary N) is 1. The maximum atomic E-state index is 12.0. The number of fused-ring (bicyclic) bond motifs is 1. The van der Waals surface area contributed by atoms with E-state index in [4.69, 9.17) is 0 Å². The van der Waals surface area contributed by atoms with Gasteiger partial charge in [-0.05, 0) is 12.8 Å². The van der Waals surface area contributed by atoms with Crippen LogP contribution in [0, 0.1) is 0 Å². The lowest BCUT2D eigenvalue weighted by Crippen LogP contribution is -2.41. The summed E-state index contributed by atoms with van der Waals surface area (Å²) in [4.78, 5) is 22.4. The summed E-state index contributed by atoms with van der Waals surface area (Å²) in [6.45, 7) is 2.01. The van der Waals surface area contributed by atoms with Gasteiger partial charge in [-0.1, -0.05) is 19.3 Å². The van der Waals surface area contributed by atoms with Crippen LogP contribution in [0.3, 0.4) is 0 Å². The van der Waals surface area contributed by atoms with Crippen molar-refractivity contribution in [1.82, 2.24) is 20.2 Å². The summed E-state index contributed by atoms with van der Waals surface area (Å²) < 4.78 is 0. The zero-order chi connectivity index (χ0) is 13.1. The quantitative estimate of drug-likeness (QED) is 0.888. The Bertz CT molecular complexity index is 432. The summed E-state index contributed by atoms with van der Waals surface area (Å²) in [5.74, 6) is 0.146. The first-order valence-electron chi connectivity index (χ1n) is 7.11. The van der Waals surface area contributed by atoms with Gasteiger partial charge in [0.1, 0.15) is 6.33 Å². The molecule has 3 rings (SSSR count). The van der Waals surface area contributed by atoms with E-state index in [0.717, 1.165) is 37.2 Å². The van der Waals surface area contributed by atoms with Crippen LogP contribution in [-0.4, -0.2) is 33.4 Å². The molecular formula is C14H20N4O. The summed E-state index contributed by atoms with van der Waals surface area (Å²) in [5.41, 5.74) is 2.20. The topological polar surface area (TPSA) is 58.1 Å². The molecule has 5 nitrogen and oxygen atoms in total. The monoisotopic (exact) mass is 260 g/mol. The van der Waals surface area contributed by atoms with Gasteiger partial charge < -0.3 is 5.32 Å². The molecule has 1 aromatic rings. The van der Waals surface area contributed by atoms with Gasteiger partial charge in [-0.25, -0.2) is 9.97 Å². The Balaban J connectivity index is 1.49. The Labute approximate surface area is 113 Å². The van der Waals surface area contributed by atoms with E-state index in [-0.39, 0.29) is 5.91 Å². The van der Waals surface area contributed by atoms with Crippen LogP contribution in [0.15, 0.2) is 12.5 Å². The van der Waals surface area contributed by atoms with Crippen LogP contribution in [-0.2, 0) is 17.9 Å². The maximum absolute atomic E-state index is 12.0. The lowest BCUT2D eigenvalue weighted by Gasteiger charge is -2.24. The first kappa shape index (κ1) is 12.5. The van der Waals surface area contributed by atoms with Crippen LogP contribution in [0.5, 0.6) is 0 Å². The Hall–Kier alpha value is -1.49. The Morgan fingerprint density at radius 1 is 1.32 bits per heavy atom. The molecule has 0 radical (unpaired) electrons. The van der Waals surface area contributed by atoms with E-state index in [9.17, 15) is 4.79 Å². The van der Waals surface area contributed by atoms with E-state index in [1.807, 2.05) is 6.20 Å². The number of hydrogen-bond acceptors (Lipinski definition) is 4. The van der Waals surface area contributed by atoms with Crippen LogP contribution in [0.2, 0.25) is 0 Å². The lowest BCUT2D eigenvalue weighted by atomic mass is 9.95. The van der Waals surface area contributed by atoms with Gasteiger partial charge >= 0.3 is 0 Å². The molecule has 1 N–H and O–H groups in total. The van der Waals surface area contributed by atoms with E-state index < -0.39 is 0 Å². The van der Waals surface area contributed by atoms with Crippen molar-refractivity contribution in [2.75, 3.05) is 6.54 Å². The Morgan fingerprint density at radius 2 is 2.16 bits per heavy atom. The third-order valence-corrected chi connectivity index (χ3v) is 3.99. The van der Waals surface area contributed by atoms with Crippen molar-refractivity contribution in [2.45, 2.75) is 51.2 Å². The number of aromatic nitrogens is 2. The predicted octanol–water partition coefficient (Wildman–Crippen LogP) is 1.24. The van der Waals surface area contributed by atoms with E-state index >= 15 is 0 Å². The average Bonchev–Trinajstić information content (AvgIpc) is 2.81. The van der Waals surface area contributed by atoms with E-state index in [1.165, 1.54) is 19.3 Å². The number of carbonyl (C=O) groups is 1. The van der Waals surface area contributed by atoms with Crippen molar-refractivity contribution < 1.29 is 4.79 Å². The molecule has 1 aromatic heterocycles. The molecule has 0 bridgehead atoms. The van der Waals surface area contributed by atoms with Gasteiger partial charge in [0.05, 0.1) is 12.2 Å². The number of nitrogens with zero attached hydrogens (tertiary/aromatic N) is 3. The highest BCUT2D eigenvalue weighted by molar-refractivity contribution is 5.78. The molecule has 0 saturated heterocycles. The highest BCUT2D eigenvalue weighted by Crippen LogP contribution is 2.19. The standard InChI is InChI=1S/C14H20N4O/c19-14(17-12-4-2-1-3-5-12)9-18-7-11-6-15-10-16-13(11)8-18/h6,10,12H,1-5,7-9H2,(H,17,19). The molecule has 2 heterocycles. The average molecular weight is 260 g/mol. The fourth-order valence-electron chi connectivity index (χ4n) is 3.00. The first-order valence-corrected chi connectivity index (χ1v) is 7.11. The van der Waals surface area contributed by atoms with E-state index in [2.05, 4.69) is 20.2 Å². The second kappa shape index (κ2) is 5.65. The molecule has 0 unspecified atom stereocenters. The van der Waals surface area contributed by atoms with Gasteiger partial charge in [0.15, 0.2) is 0 Å². The molecule has 1 fully saturated rings. The molecule has 19 heavy (non-hydrogen) atoms. The van der Waals surface area contributed by atoms with Crippen molar-refractivity contribution in [3.63, 3.8) is 0 Å². The molecule has 102 valence electrons. The third kappa shape index (κ3) is 3.10. The van der Waals surface area contributed by atoms with Crippen molar-refractivity contribution in [3.05, 3.63) is 23.8 Å². The van der Waals surface area contributed by atoms with Gasteiger partial charge in [-0.15, -0.1) is 0 Å². The highest BCUT2D eigenvalue weighted by Gasteiger charge is 2.23. The summed E-state index contributed by atoms with van der Waals surface area (Å²) in [5, 5.41) is 3.16. The highest BCUT2D eigenvalue weighted by atomic mass is 16.2. The van der Waals surface area contributed by atoms with Gasteiger partial charge in [0.25, 0.3) is 0 Å². The normalized spacial score (nSPS) is 20.2. The largest absolute Gasteiger partial charge is 0.352 e. The summed E-state index contributed by atoms with van der Waals surface area (Å²) in [6.07, 6.45) is 9.50. The molecule has 1 aliphatic carbocycles. The minimum atomic E-state index is 0.146. The summed E-state index contributed by atoms with van der Waals surface area (Å²) >= 11 is 0. The molecule has 0 atom stereocenters. The second-order valence-corrected chi connectivity index (χ2v) is 5.54. The van der Waals surface area contributed by atoms with Crippen LogP contribution in [0.4, 0.5) is 0 Å². The third-order valence-electron chi connectivity index (χ3n) is 3.99. The maximum Gasteiger partial charge on any atom is 0.234 e. The SMILES string of the molecule is O=C(CN1Cc2cncnc2C1)NC1CCCCC1. The molecule has 0 spiro atoms. The van der Waals surface area contributed by atoms with Gasteiger partial charge in [0.2, 0.25) is 5.91 Å². The summed E-state index contributed by atoms with van der Waals surface area (Å²) in [7, 11) is 0. The van der Waals surface area contributed by atoms with E-state index in [0.29, 0.717) is 12.6 Å². The van der Waals surface area contributed by atoms with Crippen LogP contribution >= 0.6 is 0 Å². The number of amides is 1. The molecule has 2 aliphatic rings. The van der Waals surface area contributed by atoms with Crippen LogP contribution < -0.4 is 5.32 Å². The molecular weight excluding hydrogens is 240 g/mol. The Kier molecular flexibility index (Phi) is 3.73. The van der Waals surface area contributed by atoms with Gasteiger partial charge in [-0.3, -0.25) is 9.69 Å². The molecule has 1 aliphatic heterocycles. The molecule has 0 aromatic carbocycles. The zero-order valence-corrected chi connectivity index (χ0v) is 11.1. The molecule has 1 amide bonds. The van der Waals surface area contributed by atoms with Crippen LogP contribution in [0.1, 0.15) is 43.4 Å². The number of carbonyl (C=O) groups excluding carboxylic acids is 1. The fourth-order valence-corrected chi connectivity index (χ4v) is 3.00. The second-order valence-electron chi connectivity index (χ2n) is 5.54.